The van der Waals surface area contributed by atoms with Crippen LogP contribution in [0.3, 0.4) is 0 Å². The molecule has 72 valence electrons. The smallest absolute Gasteiger partial charge is 0.193 e. The van der Waals surface area contributed by atoms with Crippen molar-refractivity contribution in [2.24, 2.45) is 0 Å². The Morgan fingerprint density at radius 2 is 2.00 bits per heavy atom. The summed E-state index contributed by atoms with van der Waals surface area (Å²) in [6.07, 6.45) is 0.383. The zero-order valence-electron chi connectivity index (χ0n) is 7.86. The molecule has 1 aromatic rings. The summed E-state index contributed by atoms with van der Waals surface area (Å²) >= 11 is 0. The molecule has 0 aliphatic carbocycles. The predicted octanol–water partition coefficient (Wildman–Crippen LogP) is 1.33. The van der Waals surface area contributed by atoms with E-state index in [0.29, 0.717) is 17.4 Å². The molecule has 3 nitrogen and oxygen atoms in total. The number of hydrogen-bond acceptors (Lipinski definition) is 3. The Bertz CT molecular complexity index is 469. The van der Waals surface area contributed by atoms with E-state index in [1.165, 1.54) is 0 Å². The standard InChI is InChI=1S/C12H7NO2/c13-8-7-12(15)11-5-3-10(4-6-11)2-1-9-14/h3-6,9H,7H2. The lowest BCUT2D eigenvalue weighted by Crippen LogP contribution is -1.96. The number of hydrogen-bond donors (Lipinski definition) is 0. The third-order valence-electron chi connectivity index (χ3n) is 1.72. The van der Waals surface area contributed by atoms with Gasteiger partial charge in [0.2, 0.25) is 0 Å². The SMILES string of the molecule is N#CCC(=O)c1ccc(C#CC=O)cc1. The van der Waals surface area contributed by atoms with Gasteiger partial charge >= 0.3 is 0 Å². The lowest BCUT2D eigenvalue weighted by molar-refractivity contribution is -0.103. The molecule has 0 atom stereocenters. The van der Waals surface area contributed by atoms with Gasteiger partial charge in [0.05, 0.1) is 12.5 Å². The van der Waals surface area contributed by atoms with Crippen molar-refractivity contribution < 1.29 is 9.59 Å². The maximum Gasteiger partial charge on any atom is 0.193 e. The number of nitriles is 1. The molecule has 0 saturated heterocycles. The highest BCUT2D eigenvalue weighted by atomic mass is 16.1. The van der Waals surface area contributed by atoms with Crippen molar-refractivity contribution in [2.45, 2.75) is 6.42 Å². The van der Waals surface area contributed by atoms with Crippen molar-refractivity contribution in [2.75, 3.05) is 0 Å². The minimum atomic E-state index is -0.215. The first-order valence-corrected chi connectivity index (χ1v) is 4.23. The van der Waals surface area contributed by atoms with Crippen LogP contribution in [-0.4, -0.2) is 12.1 Å². The molecular formula is C12H7NO2. The Hall–Kier alpha value is -2.39. The van der Waals surface area contributed by atoms with Gasteiger partial charge in [-0.15, -0.1) is 0 Å². The molecule has 0 spiro atoms. The van der Waals surface area contributed by atoms with Crippen LogP contribution >= 0.6 is 0 Å². The summed E-state index contributed by atoms with van der Waals surface area (Å²) in [6.45, 7) is 0. The summed E-state index contributed by atoms with van der Waals surface area (Å²) < 4.78 is 0. The fraction of sp³-hybridized carbons (Fsp3) is 0.0833. The van der Waals surface area contributed by atoms with Crippen LogP contribution in [0.5, 0.6) is 0 Å². The van der Waals surface area contributed by atoms with Gasteiger partial charge in [0.1, 0.15) is 0 Å². The summed E-state index contributed by atoms with van der Waals surface area (Å²) in [5.41, 5.74) is 1.14. The first kappa shape index (κ1) is 10.7. The van der Waals surface area contributed by atoms with Crippen LogP contribution < -0.4 is 0 Å². The fourth-order valence-corrected chi connectivity index (χ4v) is 1.03. The van der Waals surface area contributed by atoms with Crippen molar-refractivity contribution in [3.05, 3.63) is 35.4 Å². The minimum Gasteiger partial charge on any atom is -0.293 e. The molecule has 0 heterocycles. The van der Waals surface area contributed by atoms with Crippen LogP contribution in [0.15, 0.2) is 24.3 Å². The summed E-state index contributed by atoms with van der Waals surface area (Å²) in [5.74, 6) is 4.65. The molecule has 1 aromatic carbocycles. The maximum absolute atomic E-state index is 11.3. The number of ketones is 1. The van der Waals surface area contributed by atoms with Gasteiger partial charge < -0.3 is 0 Å². The van der Waals surface area contributed by atoms with Crippen molar-refractivity contribution in [1.82, 2.24) is 0 Å². The summed E-state index contributed by atoms with van der Waals surface area (Å²) in [4.78, 5) is 21.2. The van der Waals surface area contributed by atoms with Crippen LogP contribution in [0.4, 0.5) is 0 Å². The number of rotatable bonds is 2. The minimum absolute atomic E-state index is 0.126. The van der Waals surface area contributed by atoms with E-state index in [-0.39, 0.29) is 12.2 Å². The molecule has 0 unspecified atom stereocenters. The van der Waals surface area contributed by atoms with Crippen molar-refractivity contribution in [3.8, 4) is 17.9 Å². The molecular weight excluding hydrogens is 190 g/mol. The van der Waals surface area contributed by atoms with E-state index < -0.39 is 0 Å². The third kappa shape index (κ3) is 3.10. The molecule has 0 fully saturated rings. The van der Waals surface area contributed by atoms with Gasteiger partial charge in [0, 0.05) is 11.1 Å². The summed E-state index contributed by atoms with van der Waals surface area (Å²) in [7, 11) is 0. The number of nitrogens with zero attached hydrogens (tertiary/aromatic N) is 1. The van der Waals surface area contributed by atoms with Gasteiger partial charge in [-0.3, -0.25) is 9.59 Å². The van der Waals surface area contributed by atoms with Gasteiger partial charge in [0.25, 0.3) is 0 Å². The van der Waals surface area contributed by atoms with E-state index in [4.69, 9.17) is 5.26 Å². The average Bonchev–Trinajstić information content (AvgIpc) is 2.27. The van der Waals surface area contributed by atoms with E-state index in [0.717, 1.165) is 0 Å². The molecule has 0 N–H and O–H groups in total. The third-order valence-corrected chi connectivity index (χ3v) is 1.72. The van der Waals surface area contributed by atoms with Crippen LogP contribution in [-0.2, 0) is 4.79 Å². The van der Waals surface area contributed by atoms with Gasteiger partial charge in [-0.2, -0.15) is 5.26 Å². The van der Waals surface area contributed by atoms with E-state index in [1.807, 2.05) is 0 Å². The molecule has 0 radical (unpaired) electrons. The second kappa shape index (κ2) is 5.36. The van der Waals surface area contributed by atoms with Crippen molar-refractivity contribution >= 4 is 12.1 Å². The van der Waals surface area contributed by atoms with Gasteiger partial charge in [-0.05, 0) is 18.1 Å². The topological polar surface area (TPSA) is 57.9 Å². The van der Waals surface area contributed by atoms with Crippen LogP contribution in [0, 0.1) is 23.2 Å². The Kier molecular flexibility index (Phi) is 3.82. The summed E-state index contributed by atoms with van der Waals surface area (Å²) in [6, 6.07) is 8.25. The maximum atomic E-state index is 11.3. The second-order valence-corrected chi connectivity index (χ2v) is 2.72. The molecule has 0 bridgehead atoms. The number of carbonyl (C=O) groups excluding carboxylic acids is 2. The van der Waals surface area contributed by atoms with Gasteiger partial charge in [-0.1, -0.05) is 18.1 Å². The highest BCUT2D eigenvalue weighted by Crippen LogP contribution is 2.05. The van der Waals surface area contributed by atoms with E-state index >= 15 is 0 Å². The number of Topliss-reactive ketones (excluding diaryl/α,β-unsaturated/α-hetero) is 1. The Balaban J connectivity index is 2.86. The largest absolute Gasteiger partial charge is 0.293 e. The average molecular weight is 197 g/mol. The van der Waals surface area contributed by atoms with E-state index in [2.05, 4.69) is 11.8 Å². The number of carbonyl (C=O) groups is 2. The zero-order chi connectivity index (χ0) is 11.1. The van der Waals surface area contributed by atoms with Gasteiger partial charge in [0.15, 0.2) is 12.1 Å². The molecule has 0 amide bonds. The van der Waals surface area contributed by atoms with Gasteiger partial charge in [-0.25, -0.2) is 0 Å². The van der Waals surface area contributed by atoms with Crippen LogP contribution in [0.2, 0.25) is 0 Å². The normalized spacial score (nSPS) is 8.20. The first-order chi connectivity index (χ1) is 7.27. The monoisotopic (exact) mass is 197 g/mol. The second-order valence-electron chi connectivity index (χ2n) is 2.72. The van der Waals surface area contributed by atoms with Crippen LogP contribution in [0.25, 0.3) is 0 Å². The first-order valence-electron chi connectivity index (χ1n) is 4.23. The predicted molar refractivity (Wildman–Crippen MR) is 53.9 cm³/mol. The molecule has 0 aromatic heterocycles. The van der Waals surface area contributed by atoms with Crippen molar-refractivity contribution in [3.63, 3.8) is 0 Å². The van der Waals surface area contributed by atoms with E-state index in [9.17, 15) is 9.59 Å². The summed E-state index contributed by atoms with van der Waals surface area (Å²) in [5, 5.41) is 8.34. The molecule has 0 aliphatic rings. The zero-order valence-corrected chi connectivity index (χ0v) is 7.86. The Morgan fingerprint density at radius 3 is 2.53 bits per heavy atom. The molecule has 15 heavy (non-hydrogen) atoms. The molecule has 3 heteroatoms. The lowest BCUT2D eigenvalue weighted by atomic mass is 10.1. The highest BCUT2D eigenvalue weighted by Gasteiger charge is 2.03. The Labute approximate surface area is 87.3 Å². The lowest BCUT2D eigenvalue weighted by Gasteiger charge is -1.95. The molecule has 1 rings (SSSR count). The quantitative estimate of drug-likeness (QED) is 0.408. The van der Waals surface area contributed by atoms with Crippen molar-refractivity contribution in [1.29, 1.82) is 5.26 Å². The highest BCUT2D eigenvalue weighted by molar-refractivity contribution is 5.97. The Morgan fingerprint density at radius 1 is 1.33 bits per heavy atom. The van der Waals surface area contributed by atoms with E-state index in [1.54, 1.807) is 30.3 Å². The molecule has 0 aliphatic heterocycles. The van der Waals surface area contributed by atoms with Crippen LogP contribution in [0.1, 0.15) is 22.3 Å². The molecule has 0 saturated carbocycles. The number of benzene rings is 1. The fourth-order valence-electron chi connectivity index (χ4n) is 1.03. The number of aldehydes is 1.